The number of anilines is 2. The zero-order valence-corrected chi connectivity index (χ0v) is 16.6. The molecule has 9 heteroatoms. The number of aryl methyl sites for hydroxylation is 1. The largest absolute Gasteiger partial charge is 0.325 e. The summed E-state index contributed by atoms with van der Waals surface area (Å²) in [6.45, 7) is 1.63. The lowest BCUT2D eigenvalue weighted by Gasteiger charge is -2.21. The van der Waals surface area contributed by atoms with Crippen LogP contribution in [0.2, 0.25) is 0 Å². The number of rotatable bonds is 9. The molecule has 0 spiro atoms. The standard InChI is InChI=1S/C19H23N3O5S/c1-3-4-6-15-9-11-16(12-10-15)20-19(23)14-21(28(2,26)27)17-7-5-8-18(13-17)22(24)25/h5,7-13H,3-4,6,14H2,1-2H3,(H,20,23). The van der Waals surface area contributed by atoms with Gasteiger partial charge in [0.25, 0.3) is 5.69 Å². The molecule has 0 saturated carbocycles. The average Bonchev–Trinajstić information content (AvgIpc) is 2.64. The number of non-ortho nitro benzene ring substituents is 1. The first-order valence-corrected chi connectivity index (χ1v) is 10.7. The minimum Gasteiger partial charge on any atom is -0.325 e. The molecule has 2 aromatic rings. The maximum Gasteiger partial charge on any atom is 0.271 e. The summed E-state index contributed by atoms with van der Waals surface area (Å²) in [7, 11) is -3.81. The molecule has 0 aliphatic carbocycles. The first-order chi connectivity index (χ1) is 13.2. The summed E-state index contributed by atoms with van der Waals surface area (Å²) < 4.78 is 25.1. The predicted molar refractivity (Wildman–Crippen MR) is 109 cm³/mol. The van der Waals surface area contributed by atoms with Crippen molar-refractivity contribution in [3.05, 3.63) is 64.2 Å². The van der Waals surface area contributed by atoms with Gasteiger partial charge in [0.2, 0.25) is 15.9 Å². The first-order valence-electron chi connectivity index (χ1n) is 8.81. The smallest absolute Gasteiger partial charge is 0.271 e. The Hall–Kier alpha value is -2.94. The zero-order valence-electron chi connectivity index (χ0n) is 15.8. The molecule has 8 nitrogen and oxygen atoms in total. The van der Waals surface area contributed by atoms with Gasteiger partial charge in [-0.1, -0.05) is 31.5 Å². The highest BCUT2D eigenvalue weighted by Crippen LogP contribution is 2.23. The molecule has 0 radical (unpaired) electrons. The van der Waals surface area contributed by atoms with E-state index in [-0.39, 0.29) is 11.4 Å². The van der Waals surface area contributed by atoms with Gasteiger partial charge >= 0.3 is 0 Å². The van der Waals surface area contributed by atoms with E-state index in [0.717, 1.165) is 41.5 Å². The molecule has 0 aromatic heterocycles. The van der Waals surface area contributed by atoms with E-state index in [0.29, 0.717) is 5.69 Å². The summed E-state index contributed by atoms with van der Waals surface area (Å²) >= 11 is 0. The van der Waals surface area contributed by atoms with Gasteiger partial charge in [0, 0.05) is 17.8 Å². The fraction of sp³-hybridized carbons (Fsp3) is 0.316. The van der Waals surface area contributed by atoms with E-state index >= 15 is 0 Å². The molecule has 28 heavy (non-hydrogen) atoms. The van der Waals surface area contributed by atoms with Crippen LogP contribution in [0, 0.1) is 10.1 Å². The van der Waals surface area contributed by atoms with Crippen LogP contribution in [-0.2, 0) is 21.2 Å². The number of nitrogens with one attached hydrogen (secondary N) is 1. The van der Waals surface area contributed by atoms with Crippen LogP contribution in [0.4, 0.5) is 17.1 Å². The lowest BCUT2D eigenvalue weighted by Crippen LogP contribution is -2.37. The molecule has 0 atom stereocenters. The van der Waals surface area contributed by atoms with E-state index in [9.17, 15) is 23.3 Å². The van der Waals surface area contributed by atoms with Gasteiger partial charge in [-0.25, -0.2) is 8.42 Å². The molecular formula is C19H23N3O5S. The van der Waals surface area contributed by atoms with E-state index in [1.807, 2.05) is 12.1 Å². The number of nitrogens with zero attached hydrogens (tertiary/aromatic N) is 2. The molecule has 1 amide bonds. The van der Waals surface area contributed by atoms with Crippen molar-refractivity contribution in [2.45, 2.75) is 26.2 Å². The SMILES string of the molecule is CCCCc1ccc(NC(=O)CN(c2cccc([N+](=O)[O-])c2)S(C)(=O)=O)cc1. The third-order valence-corrected chi connectivity index (χ3v) is 5.21. The average molecular weight is 405 g/mol. The summed E-state index contributed by atoms with van der Waals surface area (Å²) in [6, 6.07) is 12.5. The molecule has 2 rings (SSSR count). The van der Waals surface area contributed by atoms with Gasteiger partial charge < -0.3 is 5.32 Å². The van der Waals surface area contributed by atoms with Crippen molar-refractivity contribution >= 4 is 33.0 Å². The van der Waals surface area contributed by atoms with Gasteiger partial charge in [0.05, 0.1) is 16.9 Å². The summed E-state index contributed by atoms with van der Waals surface area (Å²) in [5, 5.41) is 13.6. The highest BCUT2D eigenvalue weighted by molar-refractivity contribution is 7.92. The third-order valence-electron chi connectivity index (χ3n) is 4.07. The highest BCUT2D eigenvalue weighted by atomic mass is 32.2. The Morgan fingerprint density at radius 1 is 1.18 bits per heavy atom. The van der Waals surface area contributed by atoms with Crippen molar-refractivity contribution in [3.63, 3.8) is 0 Å². The minimum absolute atomic E-state index is 0.0572. The molecule has 0 aliphatic rings. The van der Waals surface area contributed by atoms with Gasteiger partial charge in [0.15, 0.2) is 0 Å². The van der Waals surface area contributed by atoms with Crippen LogP contribution in [0.15, 0.2) is 48.5 Å². The van der Waals surface area contributed by atoms with Crippen LogP contribution in [0.25, 0.3) is 0 Å². The fourth-order valence-electron chi connectivity index (χ4n) is 2.63. The third kappa shape index (κ3) is 6.05. The van der Waals surface area contributed by atoms with E-state index in [1.165, 1.54) is 18.2 Å². The molecule has 2 aromatic carbocycles. The second-order valence-corrected chi connectivity index (χ2v) is 8.30. The van der Waals surface area contributed by atoms with Crippen molar-refractivity contribution in [3.8, 4) is 0 Å². The molecular weight excluding hydrogens is 382 g/mol. The Morgan fingerprint density at radius 2 is 1.86 bits per heavy atom. The highest BCUT2D eigenvalue weighted by Gasteiger charge is 2.22. The number of amides is 1. The van der Waals surface area contributed by atoms with Crippen LogP contribution >= 0.6 is 0 Å². The summed E-state index contributed by atoms with van der Waals surface area (Å²) in [6.07, 6.45) is 4.08. The van der Waals surface area contributed by atoms with E-state index in [2.05, 4.69) is 12.2 Å². The Kier molecular flexibility index (Phi) is 7.11. The van der Waals surface area contributed by atoms with Crippen molar-refractivity contribution in [1.29, 1.82) is 0 Å². The Balaban J connectivity index is 2.13. The van der Waals surface area contributed by atoms with Crippen molar-refractivity contribution in [1.82, 2.24) is 0 Å². The second kappa shape index (κ2) is 9.32. The summed E-state index contributed by atoms with van der Waals surface area (Å²) in [4.78, 5) is 22.7. The lowest BCUT2D eigenvalue weighted by atomic mass is 10.1. The number of nitro benzene ring substituents is 1. The summed E-state index contributed by atoms with van der Waals surface area (Å²) in [5.41, 5.74) is 1.52. The lowest BCUT2D eigenvalue weighted by molar-refractivity contribution is -0.384. The fourth-order valence-corrected chi connectivity index (χ4v) is 3.48. The molecule has 0 aliphatic heterocycles. The number of sulfonamides is 1. The van der Waals surface area contributed by atoms with Gasteiger partial charge in [0.1, 0.15) is 6.54 Å². The number of benzene rings is 2. The maximum absolute atomic E-state index is 12.4. The van der Waals surface area contributed by atoms with Crippen molar-refractivity contribution in [2.75, 3.05) is 22.4 Å². The Labute approximate surface area is 164 Å². The maximum atomic E-state index is 12.4. The summed E-state index contributed by atoms with van der Waals surface area (Å²) in [5.74, 6) is -0.543. The van der Waals surface area contributed by atoms with Crippen LogP contribution in [-0.4, -0.2) is 32.0 Å². The minimum atomic E-state index is -3.81. The molecule has 0 unspecified atom stereocenters. The number of hydrogen-bond acceptors (Lipinski definition) is 5. The van der Waals surface area contributed by atoms with E-state index < -0.39 is 27.4 Å². The second-order valence-electron chi connectivity index (χ2n) is 6.40. The number of carbonyl (C=O) groups is 1. The van der Waals surface area contributed by atoms with Crippen molar-refractivity contribution in [2.24, 2.45) is 0 Å². The first kappa shape index (κ1) is 21.4. The molecule has 0 heterocycles. The molecule has 0 saturated heterocycles. The van der Waals surface area contributed by atoms with E-state index in [1.54, 1.807) is 12.1 Å². The number of nitro groups is 1. The Morgan fingerprint density at radius 3 is 2.43 bits per heavy atom. The molecule has 1 N–H and O–H groups in total. The monoisotopic (exact) mass is 405 g/mol. The van der Waals surface area contributed by atoms with Crippen LogP contribution in [0.5, 0.6) is 0 Å². The van der Waals surface area contributed by atoms with Crippen LogP contribution < -0.4 is 9.62 Å². The number of unbranched alkanes of at least 4 members (excludes halogenated alkanes) is 1. The van der Waals surface area contributed by atoms with Crippen molar-refractivity contribution < 1.29 is 18.1 Å². The van der Waals surface area contributed by atoms with Gasteiger partial charge in [-0.15, -0.1) is 0 Å². The normalized spacial score (nSPS) is 11.1. The van der Waals surface area contributed by atoms with Gasteiger partial charge in [-0.3, -0.25) is 19.2 Å². The predicted octanol–water partition coefficient (Wildman–Crippen LogP) is 3.34. The van der Waals surface area contributed by atoms with Gasteiger partial charge in [-0.05, 0) is 36.6 Å². The number of carbonyl (C=O) groups excluding carboxylic acids is 1. The van der Waals surface area contributed by atoms with E-state index in [4.69, 9.17) is 0 Å². The van der Waals surface area contributed by atoms with Crippen LogP contribution in [0.1, 0.15) is 25.3 Å². The quantitative estimate of drug-likeness (QED) is 0.508. The molecule has 0 fully saturated rings. The van der Waals surface area contributed by atoms with Crippen LogP contribution in [0.3, 0.4) is 0 Å². The Bertz CT molecular complexity index is 942. The topological polar surface area (TPSA) is 110 Å². The van der Waals surface area contributed by atoms with Gasteiger partial charge in [-0.2, -0.15) is 0 Å². The molecule has 150 valence electrons. The number of hydrogen-bond donors (Lipinski definition) is 1. The molecule has 0 bridgehead atoms. The zero-order chi connectivity index (χ0) is 20.7.